The van der Waals surface area contributed by atoms with Crippen molar-refractivity contribution in [2.75, 3.05) is 62.2 Å². The summed E-state index contributed by atoms with van der Waals surface area (Å²) in [6, 6.07) is 1.81. The molecule has 0 N–H and O–H groups in total. The molecule has 10 heteroatoms. The third-order valence-electron chi connectivity index (χ3n) is 5.31. The number of carbonyl (C=O) groups is 2. The topological polar surface area (TPSA) is 98.7 Å². The van der Waals surface area contributed by atoms with Gasteiger partial charge in [0.2, 0.25) is 11.9 Å². The number of anilines is 2. The van der Waals surface area contributed by atoms with Gasteiger partial charge in [0.15, 0.2) is 0 Å². The van der Waals surface area contributed by atoms with Gasteiger partial charge in [-0.3, -0.25) is 9.59 Å². The van der Waals surface area contributed by atoms with E-state index in [0.717, 1.165) is 37.9 Å². The largest absolute Gasteiger partial charge is 0.352 e. The fourth-order valence-electron chi connectivity index (χ4n) is 3.57. The Bertz CT molecular complexity index is 844. The lowest BCUT2D eigenvalue weighted by atomic mass is 10.2. The summed E-state index contributed by atoms with van der Waals surface area (Å²) in [5.74, 6) is 1.40. The van der Waals surface area contributed by atoms with E-state index in [0.29, 0.717) is 31.9 Å². The summed E-state index contributed by atoms with van der Waals surface area (Å²) < 4.78 is 0. The van der Waals surface area contributed by atoms with Crippen LogP contribution in [0.25, 0.3) is 0 Å². The molecule has 0 bridgehead atoms. The van der Waals surface area contributed by atoms with Crippen LogP contribution in [0, 0.1) is 0 Å². The lowest BCUT2D eigenvalue weighted by Gasteiger charge is -2.35. The van der Waals surface area contributed by atoms with Gasteiger partial charge in [-0.2, -0.15) is 0 Å². The van der Waals surface area contributed by atoms with E-state index in [1.807, 2.05) is 0 Å². The molecule has 4 heterocycles. The van der Waals surface area contributed by atoms with E-state index < -0.39 is 0 Å². The third-order valence-corrected chi connectivity index (χ3v) is 5.31. The summed E-state index contributed by atoms with van der Waals surface area (Å²) >= 11 is 0. The molecule has 2 amide bonds. The Hall–Kier alpha value is -3.30. The SMILES string of the molecule is CC(=O)N1CCN(C(=O)c2cnc(N3CCN(c4ncccn4)CC3)cn2)CC1. The van der Waals surface area contributed by atoms with Crippen LogP contribution < -0.4 is 9.80 Å². The molecule has 2 aliphatic rings. The molecule has 2 aromatic rings. The molecule has 0 aliphatic carbocycles. The standard InChI is InChI=1S/C19H24N8O2/c1-15(28)24-5-9-26(10-6-24)18(29)16-13-23-17(14-22-16)25-7-11-27(12-8-25)19-20-3-2-4-21-19/h2-4,13-14H,5-12H2,1H3. The van der Waals surface area contributed by atoms with Gasteiger partial charge in [0, 0.05) is 71.7 Å². The number of nitrogens with zero attached hydrogens (tertiary/aromatic N) is 8. The van der Waals surface area contributed by atoms with Crippen LogP contribution >= 0.6 is 0 Å². The van der Waals surface area contributed by atoms with Crippen molar-refractivity contribution >= 4 is 23.6 Å². The van der Waals surface area contributed by atoms with Crippen LogP contribution in [0.15, 0.2) is 30.9 Å². The lowest BCUT2D eigenvalue weighted by Crippen LogP contribution is -2.50. The van der Waals surface area contributed by atoms with Gasteiger partial charge in [0.05, 0.1) is 12.4 Å². The molecule has 2 aromatic heterocycles. The van der Waals surface area contributed by atoms with E-state index in [1.165, 1.54) is 0 Å². The van der Waals surface area contributed by atoms with Crippen LogP contribution in [0.4, 0.5) is 11.8 Å². The van der Waals surface area contributed by atoms with Crippen LogP contribution in [-0.2, 0) is 4.79 Å². The Morgan fingerprint density at radius 3 is 1.97 bits per heavy atom. The maximum Gasteiger partial charge on any atom is 0.274 e. The van der Waals surface area contributed by atoms with Gasteiger partial charge in [-0.15, -0.1) is 0 Å². The smallest absolute Gasteiger partial charge is 0.274 e. The normalized spacial score (nSPS) is 17.4. The predicted octanol–water partition coefficient (Wildman–Crippen LogP) is -0.102. The monoisotopic (exact) mass is 396 g/mol. The molecule has 0 spiro atoms. The Morgan fingerprint density at radius 1 is 0.759 bits per heavy atom. The zero-order valence-corrected chi connectivity index (χ0v) is 16.4. The summed E-state index contributed by atoms with van der Waals surface area (Å²) in [7, 11) is 0. The molecule has 4 rings (SSSR count). The molecule has 0 saturated carbocycles. The zero-order valence-electron chi connectivity index (χ0n) is 16.4. The second-order valence-corrected chi connectivity index (χ2v) is 7.08. The van der Waals surface area contributed by atoms with Gasteiger partial charge in [-0.05, 0) is 6.07 Å². The number of carbonyl (C=O) groups excluding carboxylic acids is 2. The summed E-state index contributed by atoms with van der Waals surface area (Å²) in [4.78, 5) is 49.2. The minimum atomic E-state index is -0.140. The van der Waals surface area contributed by atoms with E-state index in [2.05, 4.69) is 29.7 Å². The number of hydrogen-bond acceptors (Lipinski definition) is 8. The number of piperazine rings is 2. The average molecular weight is 396 g/mol. The first kappa shape index (κ1) is 19.0. The molecule has 152 valence electrons. The summed E-state index contributed by atoms with van der Waals surface area (Å²) in [6.07, 6.45) is 6.70. The first-order valence-electron chi connectivity index (χ1n) is 9.75. The number of hydrogen-bond donors (Lipinski definition) is 0. The fraction of sp³-hybridized carbons (Fsp3) is 0.474. The molecular formula is C19H24N8O2. The van der Waals surface area contributed by atoms with Crippen molar-refractivity contribution in [1.82, 2.24) is 29.7 Å². The average Bonchev–Trinajstić information content (AvgIpc) is 2.79. The van der Waals surface area contributed by atoms with Gasteiger partial charge < -0.3 is 19.6 Å². The van der Waals surface area contributed by atoms with Gasteiger partial charge in [-0.1, -0.05) is 0 Å². The van der Waals surface area contributed by atoms with Crippen molar-refractivity contribution in [3.63, 3.8) is 0 Å². The highest BCUT2D eigenvalue weighted by Gasteiger charge is 2.25. The van der Waals surface area contributed by atoms with E-state index in [4.69, 9.17) is 0 Å². The Morgan fingerprint density at radius 2 is 1.38 bits per heavy atom. The molecule has 0 radical (unpaired) electrons. The van der Waals surface area contributed by atoms with Crippen LogP contribution in [0.5, 0.6) is 0 Å². The summed E-state index contributed by atoms with van der Waals surface area (Å²) in [5.41, 5.74) is 0.335. The van der Waals surface area contributed by atoms with Crippen molar-refractivity contribution in [2.24, 2.45) is 0 Å². The lowest BCUT2D eigenvalue weighted by molar-refractivity contribution is -0.130. The maximum absolute atomic E-state index is 12.6. The minimum Gasteiger partial charge on any atom is -0.352 e. The maximum atomic E-state index is 12.6. The van der Waals surface area contributed by atoms with E-state index in [-0.39, 0.29) is 11.8 Å². The van der Waals surface area contributed by atoms with Gasteiger partial charge in [-0.25, -0.2) is 19.9 Å². The highest BCUT2D eigenvalue weighted by Crippen LogP contribution is 2.16. The predicted molar refractivity (Wildman–Crippen MR) is 107 cm³/mol. The molecular weight excluding hydrogens is 372 g/mol. The Kier molecular flexibility index (Phi) is 5.50. The zero-order chi connectivity index (χ0) is 20.2. The molecule has 10 nitrogen and oxygen atoms in total. The van der Waals surface area contributed by atoms with Crippen molar-refractivity contribution in [1.29, 1.82) is 0 Å². The first-order valence-corrected chi connectivity index (χ1v) is 9.75. The van der Waals surface area contributed by atoms with Gasteiger partial charge in [0.1, 0.15) is 11.5 Å². The number of aromatic nitrogens is 4. The molecule has 0 aromatic carbocycles. The van der Waals surface area contributed by atoms with E-state index in [9.17, 15) is 9.59 Å². The first-order chi connectivity index (χ1) is 14.1. The highest BCUT2D eigenvalue weighted by molar-refractivity contribution is 5.92. The molecule has 2 saturated heterocycles. The molecule has 2 fully saturated rings. The van der Waals surface area contributed by atoms with E-state index >= 15 is 0 Å². The molecule has 0 atom stereocenters. The minimum absolute atomic E-state index is 0.0418. The molecule has 0 unspecified atom stereocenters. The fourth-order valence-corrected chi connectivity index (χ4v) is 3.57. The van der Waals surface area contributed by atoms with Crippen LogP contribution in [-0.4, -0.2) is 93.9 Å². The summed E-state index contributed by atoms with van der Waals surface area (Å²) in [5, 5.41) is 0. The Labute approximate surface area is 169 Å². The number of amides is 2. The van der Waals surface area contributed by atoms with E-state index in [1.54, 1.807) is 47.6 Å². The Balaban J connectivity index is 1.33. The van der Waals surface area contributed by atoms with Crippen molar-refractivity contribution in [3.8, 4) is 0 Å². The highest BCUT2D eigenvalue weighted by atomic mass is 16.2. The summed E-state index contributed by atoms with van der Waals surface area (Å²) in [6.45, 7) is 6.87. The molecule has 2 aliphatic heterocycles. The van der Waals surface area contributed by atoms with Gasteiger partial charge in [0.25, 0.3) is 5.91 Å². The molecule has 29 heavy (non-hydrogen) atoms. The third kappa shape index (κ3) is 4.25. The van der Waals surface area contributed by atoms with Crippen LogP contribution in [0.1, 0.15) is 17.4 Å². The van der Waals surface area contributed by atoms with Crippen molar-refractivity contribution in [2.45, 2.75) is 6.92 Å². The van der Waals surface area contributed by atoms with Crippen LogP contribution in [0.2, 0.25) is 0 Å². The van der Waals surface area contributed by atoms with Gasteiger partial charge >= 0.3 is 0 Å². The number of rotatable bonds is 3. The van der Waals surface area contributed by atoms with Crippen LogP contribution in [0.3, 0.4) is 0 Å². The second kappa shape index (κ2) is 8.38. The second-order valence-electron chi connectivity index (χ2n) is 7.08. The van der Waals surface area contributed by atoms with Crippen molar-refractivity contribution < 1.29 is 9.59 Å². The quantitative estimate of drug-likeness (QED) is 0.709. The van der Waals surface area contributed by atoms with Crippen molar-refractivity contribution in [3.05, 3.63) is 36.5 Å².